The number of fused-ring (bicyclic) bond motifs is 2. The van der Waals surface area contributed by atoms with E-state index in [0.29, 0.717) is 95.9 Å². The van der Waals surface area contributed by atoms with E-state index in [-0.39, 0.29) is 24.3 Å². The SMILES string of the molecule is COCOc1cc(OCc2ccccc2)c2c(=O)cc(-c3ccc(OCCCc4cn(CCOCCOc5ccc(-c6cc(=O)c7ccccc7o6)cc5)nn4)cc3)oc2c1. The number of nitrogens with zero attached hydrogens (tertiary/aromatic N) is 3. The van der Waals surface area contributed by atoms with E-state index in [1.807, 2.05) is 97.2 Å². The van der Waals surface area contributed by atoms with Crippen molar-refractivity contribution in [1.82, 2.24) is 15.0 Å². The maximum absolute atomic E-state index is 13.4. The summed E-state index contributed by atoms with van der Waals surface area (Å²) in [6, 6.07) is 38.0. The Morgan fingerprint density at radius 1 is 0.623 bits per heavy atom. The van der Waals surface area contributed by atoms with Crippen molar-refractivity contribution in [3.05, 3.63) is 165 Å². The second kappa shape index (κ2) is 19.7. The van der Waals surface area contributed by atoms with Crippen molar-refractivity contribution in [3.8, 4) is 45.6 Å². The Labute approximate surface area is 350 Å². The first-order valence-electron chi connectivity index (χ1n) is 19.9. The van der Waals surface area contributed by atoms with Crippen molar-refractivity contribution >= 4 is 21.9 Å². The van der Waals surface area contributed by atoms with Crippen molar-refractivity contribution in [1.29, 1.82) is 0 Å². The van der Waals surface area contributed by atoms with Crippen molar-refractivity contribution in [3.63, 3.8) is 0 Å². The summed E-state index contributed by atoms with van der Waals surface area (Å²) >= 11 is 0. The minimum absolute atomic E-state index is 0.0287. The molecule has 13 heteroatoms. The van der Waals surface area contributed by atoms with E-state index in [1.54, 1.807) is 28.9 Å². The zero-order valence-corrected chi connectivity index (χ0v) is 33.5. The third kappa shape index (κ3) is 10.5. The van der Waals surface area contributed by atoms with Crippen LogP contribution in [-0.4, -0.2) is 55.3 Å². The molecule has 0 N–H and O–H groups in total. The van der Waals surface area contributed by atoms with E-state index in [9.17, 15) is 9.59 Å². The second-order valence-corrected chi connectivity index (χ2v) is 14.0. The molecule has 310 valence electrons. The van der Waals surface area contributed by atoms with E-state index in [1.165, 1.54) is 19.2 Å². The molecule has 0 saturated heterocycles. The molecule has 0 aliphatic carbocycles. The van der Waals surface area contributed by atoms with Gasteiger partial charge < -0.3 is 37.3 Å². The van der Waals surface area contributed by atoms with Crippen LogP contribution in [0.4, 0.5) is 0 Å². The van der Waals surface area contributed by atoms with E-state index in [4.69, 9.17) is 37.3 Å². The molecule has 0 fully saturated rings. The molecule has 0 amide bonds. The van der Waals surface area contributed by atoms with E-state index in [2.05, 4.69) is 10.3 Å². The molecule has 3 heterocycles. The van der Waals surface area contributed by atoms with Gasteiger partial charge in [-0.1, -0.05) is 47.7 Å². The molecule has 0 atom stereocenters. The van der Waals surface area contributed by atoms with Crippen LogP contribution in [0.25, 0.3) is 44.6 Å². The molecule has 8 aromatic rings. The highest BCUT2D eigenvalue weighted by Gasteiger charge is 2.16. The van der Waals surface area contributed by atoms with Crippen LogP contribution >= 0.6 is 0 Å². The fourth-order valence-electron chi connectivity index (χ4n) is 6.59. The number of aryl methyl sites for hydroxylation is 1. The molecule has 0 aliphatic rings. The fourth-order valence-corrected chi connectivity index (χ4v) is 6.59. The summed E-state index contributed by atoms with van der Waals surface area (Å²) in [5, 5.41) is 9.39. The Kier molecular flexibility index (Phi) is 13.1. The van der Waals surface area contributed by atoms with Crippen molar-refractivity contribution in [2.75, 3.05) is 40.3 Å². The average Bonchev–Trinajstić information content (AvgIpc) is 3.75. The number of benzene rings is 5. The minimum atomic E-state index is -0.232. The van der Waals surface area contributed by atoms with Gasteiger partial charge in [0.1, 0.15) is 64.3 Å². The molecule has 0 spiro atoms. The number of rotatable bonds is 20. The lowest BCUT2D eigenvalue weighted by atomic mass is 10.1. The highest BCUT2D eigenvalue weighted by Crippen LogP contribution is 2.33. The average molecular weight is 822 g/mol. The van der Waals surface area contributed by atoms with Gasteiger partial charge in [0.05, 0.1) is 37.4 Å². The first kappa shape index (κ1) is 40.6. The number of hydrogen-bond donors (Lipinski definition) is 0. The van der Waals surface area contributed by atoms with E-state index < -0.39 is 0 Å². The maximum Gasteiger partial charge on any atom is 0.197 e. The van der Waals surface area contributed by atoms with Gasteiger partial charge in [-0.25, -0.2) is 4.68 Å². The molecule has 3 aromatic heterocycles. The lowest BCUT2D eigenvalue weighted by Crippen LogP contribution is -2.11. The second-order valence-electron chi connectivity index (χ2n) is 14.0. The lowest BCUT2D eigenvalue weighted by Gasteiger charge is -2.13. The van der Waals surface area contributed by atoms with Gasteiger partial charge in [-0.2, -0.15) is 0 Å². The quantitative estimate of drug-likeness (QED) is 0.0537. The Hall–Kier alpha value is -7.22. The van der Waals surface area contributed by atoms with Crippen LogP contribution in [-0.2, 0) is 29.0 Å². The number of ether oxygens (including phenoxy) is 6. The number of hydrogen-bond acceptors (Lipinski definition) is 12. The van der Waals surface area contributed by atoms with Gasteiger partial charge in [0.15, 0.2) is 17.7 Å². The Morgan fingerprint density at radius 2 is 1.31 bits per heavy atom. The summed E-state index contributed by atoms with van der Waals surface area (Å²) in [4.78, 5) is 25.9. The van der Waals surface area contributed by atoms with Gasteiger partial charge in [0, 0.05) is 48.7 Å². The summed E-state index contributed by atoms with van der Waals surface area (Å²) < 4.78 is 48.3. The third-order valence-electron chi connectivity index (χ3n) is 9.65. The van der Waals surface area contributed by atoms with Crippen LogP contribution in [0.1, 0.15) is 17.7 Å². The smallest absolute Gasteiger partial charge is 0.197 e. The summed E-state index contributed by atoms with van der Waals surface area (Å²) in [5.74, 6) is 3.11. The number of methoxy groups -OCH3 is 1. The molecule has 0 saturated carbocycles. The highest BCUT2D eigenvalue weighted by atomic mass is 16.7. The summed E-state index contributed by atoms with van der Waals surface area (Å²) in [5.41, 5.74) is 3.92. The maximum atomic E-state index is 13.4. The Bertz CT molecular complexity index is 2800. The van der Waals surface area contributed by atoms with Crippen LogP contribution in [0.15, 0.2) is 152 Å². The van der Waals surface area contributed by atoms with Gasteiger partial charge in [-0.3, -0.25) is 9.59 Å². The fraction of sp³-hybridized carbons (Fsp3) is 0.208. The van der Waals surface area contributed by atoms with E-state index in [0.717, 1.165) is 28.8 Å². The summed E-state index contributed by atoms with van der Waals surface area (Å²) in [7, 11) is 1.53. The molecule has 0 unspecified atom stereocenters. The largest absolute Gasteiger partial charge is 0.494 e. The van der Waals surface area contributed by atoms with Gasteiger partial charge >= 0.3 is 0 Å². The van der Waals surface area contributed by atoms with Crippen LogP contribution in [0.3, 0.4) is 0 Å². The van der Waals surface area contributed by atoms with Crippen LogP contribution in [0.5, 0.6) is 23.0 Å². The lowest BCUT2D eigenvalue weighted by molar-refractivity contribution is 0.0510. The van der Waals surface area contributed by atoms with Crippen LogP contribution in [0.2, 0.25) is 0 Å². The minimum Gasteiger partial charge on any atom is -0.494 e. The van der Waals surface area contributed by atoms with Gasteiger partial charge in [0.25, 0.3) is 0 Å². The molecule has 0 radical (unpaired) electrons. The van der Waals surface area contributed by atoms with Crippen molar-refractivity contribution in [2.24, 2.45) is 0 Å². The molecular weight excluding hydrogens is 779 g/mol. The predicted octanol–water partition coefficient (Wildman–Crippen LogP) is 8.49. The first-order valence-corrected chi connectivity index (χ1v) is 19.9. The zero-order valence-electron chi connectivity index (χ0n) is 33.5. The van der Waals surface area contributed by atoms with Crippen LogP contribution in [0, 0.1) is 0 Å². The number of aromatic nitrogens is 3. The van der Waals surface area contributed by atoms with Gasteiger partial charge in [-0.15, -0.1) is 5.10 Å². The Balaban J connectivity index is 0.759. The third-order valence-corrected chi connectivity index (χ3v) is 9.65. The van der Waals surface area contributed by atoms with Gasteiger partial charge in [0.2, 0.25) is 0 Å². The molecular formula is C48H43N3O10. The molecule has 8 rings (SSSR count). The highest BCUT2D eigenvalue weighted by molar-refractivity contribution is 5.86. The van der Waals surface area contributed by atoms with Gasteiger partial charge in [-0.05, 0) is 79.1 Å². The zero-order chi connectivity index (χ0) is 41.8. The first-order chi connectivity index (χ1) is 30.0. The predicted molar refractivity (Wildman–Crippen MR) is 229 cm³/mol. The summed E-state index contributed by atoms with van der Waals surface area (Å²) in [6.45, 7) is 2.61. The molecule has 0 aliphatic heterocycles. The summed E-state index contributed by atoms with van der Waals surface area (Å²) in [6.07, 6.45) is 3.36. The molecule has 61 heavy (non-hydrogen) atoms. The topological polar surface area (TPSA) is 147 Å². The van der Waals surface area contributed by atoms with Crippen LogP contribution < -0.4 is 29.8 Å². The molecule has 0 bridgehead atoms. The molecule has 13 nitrogen and oxygen atoms in total. The number of para-hydroxylation sites is 1. The standard InChI is InChI=1S/C48H43N3O10/c1-54-32-59-39-26-46(58-31-33-8-3-2-4-9-33)48-42(53)29-45(61-47(48)27-39)35-13-17-37(18-14-35)56-22-7-10-36-30-51(50-49-36)21-23-55-24-25-57-38-19-15-34(16-20-38)44-28-41(52)40-11-5-6-12-43(40)60-44/h2-6,8-9,11-20,26-30H,7,10,21-25,31-32H2,1H3. The normalized spacial score (nSPS) is 11.2. The van der Waals surface area contributed by atoms with E-state index >= 15 is 0 Å². The molecule has 5 aromatic carbocycles. The van der Waals surface area contributed by atoms with Crippen molar-refractivity contribution in [2.45, 2.75) is 26.0 Å². The van der Waals surface area contributed by atoms with Crippen molar-refractivity contribution < 1.29 is 37.3 Å². The monoisotopic (exact) mass is 821 g/mol. The Morgan fingerprint density at radius 3 is 2.07 bits per heavy atom.